The van der Waals surface area contributed by atoms with Crippen molar-refractivity contribution in [2.75, 3.05) is 26.7 Å². The fourth-order valence-electron chi connectivity index (χ4n) is 2.72. The maximum absolute atomic E-state index is 12.6. The summed E-state index contributed by atoms with van der Waals surface area (Å²) in [4.78, 5) is 25.8. The van der Waals surface area contributed by atoms with Gasteiger partial charge in [-0.1, -0.05) is 23.7 Å². The average Bonchev–Trinajstić information content (AvgIpc) is 2.57. The van der Waals surface area contributed by atoms with Crippen molar-refractivity contribution in [3.8, 4) is 0 Å². The number of nitrogens with zero attached hydrogens (tertiary/aromatic N) is 3. The topological polar surface area (TPSA) is 62.2 Å². The molecule has 2 aliphatic heterocycles. The van der Waals surface area contributed by atoms with Crippen LogP contribution >= 0.6 is 11.6 Å². The van der Waals surface area contributed by atoms with Gasteiger partial charge in [0, 0.05) is 31.5 Å². The summed E-state index contributed by atoms with van der Waals surface area (Å²) in [7, 11) is 1.57. The van der Waals surface area contributed by atoms with Crippen molar-refractivity contribution in [3.63, 3.8) is 0 Å². The highest BCUT2D eigenvalue weighted by molar-refractivity contribution is 6.39. The van der Waals surface area contributed by atoms with Gasteiger partial charge in [-0.3, -0.25) is 9.59 Å². The highest BCUT2D eigenvalue weighted by atomic mass is 35.5. The summed E-state index contributed by atoms with van der Waals surface area (Å²) in [5.74, 6) is -0.186. The Hall–Kier alpha value is -1.92. The molecule has 0 spiro atoms. The van der Waals surface area contributed by atoms with Crippen molar-refractivity contribution in [2.24, 2.45) is 5.10 Å². The van der Waals surface area contributed by atoms with Gasteiger partial charge >= 0.3 is 0 Å². The molecular weight excluding hydrogens is 318 g/mol. The van der Waals surface area contributed by atoms with E-state index in [9.17, 15) is 9.59 Å². The molecule has 0 aliphatic carbocycles. The minimum absolute atomic E-state index is 0.0671. The SMILES string of the molecule is CN1N=C(C(=O)N2CCO[C@H](c3ccc(Cl)cc3)C2)CCC1=O. The Labute approximate surface area is 139 Å². The zero-order valence-electron chi connectivity index (χ0n) is 12.9. The fourth-order valence-corrected chi connectivity index (χ4v) is 2.85. The molecule has 6 nitrogen and oxygen atoms in total. The summed E-state index contributed by atoms with van der Waals surface area (Å²) in [5.41, 5.74) is 1.42. The van der Waals surface area contributed by atoms with Crippen molar-refractivity contribution in [1.29, 1.82) is 0 Å². The van der Waals surface area contributed by atoms with Gasteiger partial charge in [-0.25, -0.2) is 5.01 Å². The van der Waals surface area contributed by atoms with Crippen LogP contribution in [0.4, 0.5) is 0 Å². The maximum atomic E-state index is 12.6. The molecular formula is C16H18ClN3O3. The third-order valence-corrected chi connectivity index (χ3v) is 4.30. The van der Waals surface area contributed by atoms with Crippen molar-refractivity contribution < 1.29 is 14.3 Å². The van der Waals surface area contributed by atoms with E-state index in [-0.39, 0.29) is 17.9 Å². The number of rotatable bonds is 2. The van der Waals surface area contributed by atoms with E-state index in [0.717, 1.165) is 5.56 Å². The molecule has 2 amide bonds. The first kappa shape index (κ1) is 16.0. The predicted molar refractivity (Wildman–Crippen MR) is 86.2 cm³/mol. The summed E-state index contributed by atoms with van der Waals surface area (Å²) in [6.45, 7) is 1.47. The second kappa shape index (κ2) is 6.68. The molecule has 7 heteroatoms. The number of hydrazone groups is 1. The van der Waals surface area contributed by atoms with Gasteiger partial charge in [0.15, 0.2) is 0 Å². The molecule has 0 aromatic heterocycles. The molecule has 122 valence electrons. The van der Waals surface area contributed by atoms with Crippen LogP contribution in [-0.4, -0.2) is 54.2 Å². The number of hydrogen-bond acceptors (Lipinski definition) is 4. The van der Waals surface area contributed by atoms with Gasteiger partial charge in [-0.05, 0) is 17.7 Å². The molecule has 2 heterocycles. The zero-order valence-corrected chi connectivity index (χ0v) is 13.6. The highest BCUT2D eigenvalue weighted by Crippen LogP contribution is 2.24. The van der Waals surface area contributed by atoms with Crippen LogP contribution in [0.2, 0.25) is 5.02 Å². The number of carbonyl (C=O) groups is 2. The number of ether oxygens (including phenoxy) is 1. The third-order valence-electron chi connectivity index (χ3n) is 4.05. The normalized spacial score (nSPS) is 22.1. The largest absolute Gasteiger partial charge is 0.370 e. The molecule has 1 fully saturated rings. The van der Waals surface area contributed by atoms with Gasteiger partial charge in [0.2, 0.25) is 5.91 Å². The lowest BCUT2D eigenvalue weighted by Crippen LogP contribution is -2.46. The van der Waals surface area contributed by atoms with E-state index in [0.29, 0.717) is 43.3 Å². The number of morpholine rings is 1. The summed E-state index contributed by atoms with van der Waals surface area (Å²) >= 11 is 5.90. The van der Waals surface area contributed by atoms with Gasteiger partial charge in [0.05, 0.1) is 13.2 Å². The lowest BCUT2D eigenvalue weighted by Gasteiger charge is -2.34. The quantitative estimate of drug-likeness (QED) is 0.828. The molecule has 23 heavy (non-hydrogen) atoms. The Morgan fingerprint density at radius 3 is 2.74 bits per heavy atom. The smallest absolute Gasteiger partial charge is 0.270 e. The molecule has 0 bridgehead atoms. The summed E-state index contributed by atoms with van der Waals surface area (Å²) in [6, 6.07) is 7.44. The van der Waals surface area contributed by atoms with Crippen LogP contribution in [0.15, 0.2) is 29.4 Å². The standard InChI is InChI=1S/C16H18ClN3O3/c1-19-15(21)7-6-13(18-19)16(22)20-8-9-23-14(10-20)11-2-4-12(17)5-3-11/h2-5,14H,6-10H2,1H3/t14-/m0/s1. The first-order valence-corrected chi connectivity index (χ1v) is 7.93. The summed E-state index contributed by atoms with van der Waals surface area (Å²) in [5, 5.41) is 6.01. The molecule has 0 radical (unpaired) electrons. The minimum Gasteiger partial charge on any atom is -0.370 e. The summed E-state index contributed by atoms with van der Waals surface area (Å²) in [6.07, 6.45) is 0.547. The lowest BCUT2D eigenvalue weighted by molar-refractivity contribution is -0.133. The van der Waals surface area contributed by atoms with E-state index in [1.807, 2.05) is 24.3 Å². The Kier molecular flexibility index (Phi) is 4.63. The molecule has 1 aromatic carbocycles. The van der Waals surface area contributed by atoms with Crippen molar-refractivity contribution in [2.45, 2.75) is 18.9 Å². The Morgan fingerprint density at radius 2 is 2.04 bits per heavy atom. The van der Waals surface area contributed by atoms with Crippen molar-refractivity contribution in [1.82, 2.24) is 9.91 Å². The number of carbonyl (C=O) groups excluding carboxylic acids is 2. The van der Waals surface area contributed by atoms with Crippen LogP contribution in [0.25, 0.3) is 0 Å². The first-order valence-electron chi connectivity index (χ1n) is 7.55. The number of halogens is 1. The fraction of sp³-hybridized carbons (Fsp3) is 0.438. The van der Waals surface area contributed by atoms with Crippen LogP contribution in [-0.2, 0) is 14.3 Å². The third kappa shape index (κ3) is 3.54. The number of benzene rings is 1. The van der Waals surface area contributed by atoms with E-state index in [2.05, 4.69) is 5.10 Å². The van der Waals surface area contributed by atoms with Gasteiger partial charge < -0.3 is 9.64 Å². The van der Waals surface area contributed by atoms with E-state index < -0.39 is 0 Å². The molecule has 0 N–H and O–H groups in total. The molecule has 2 aliphatic rings. The van der Waals surface area contributed by atoms with Gasteiger partial charge in [0.1, 0.15) is 11.8 Å². The second-order valence-electron chi connectivity index (χ2n) is 5.63. The van der Waals surface area contributed by atoms with E-state index in [1.54, 1.807) is 11.9 Å². The number of amides is 2. The predicted octanol–water partition coefficient (Wildman–Crippen LogP) is 1.85. The molecule has 1 saturated heterocycles. The molecule has 3 rings (SSSR count). The monoisotopic (exact) mass is 335 g/mol. The molecule has 0 unspecified atom stereocenters. The van der Waals surface area contributed by atoms with Crippen LogP contribution in [0.5, 0.6) is 0 Å². The van der Waals surface area contributed by atoms with Crippen LogP contribution in [0.3, 0.4) is 0 Å². The lowest BCUT2D eigenvalue weighted by atomic mass is 10.1. The Balaban J connectivity index is 1.71. The zero-order chi connectivity index (χ0) is 16.4. The van der Waals surface area contributed by atoms with Gasteiger partial charge in [-0.15, -0.1) is 0 Å². The van der Waals surface area contributed by atoms with E-state index in [1.165, 1.54) is 5.01 Å². The van der Waals surface area contributed by atoms with Crippen LogP contribution in [0, 0.1) is 0 Å². The Bertz CT molecular complexity index is 644. The minimum atomic E-state index is -0.173. The molecule has 1 atom stereocenters. The number of hydrogen-bond donors (Lipinski definition) is 0. The van der Waals surface area contributed by atoms with Crippen molar-refractivity contribution in [3.05, 3.63) is 34.9 Å². The second-order valence-corrected chi connectivity index (χ2v) is 6.06. The van der Waals surface area contributed by atoms with E-state index in [4.69, 9.17) is 16.3 Å². The van der Waals surface area contributed by atoms with E-state index >= 15 is 0 Å². The average molecular weight is 336 g/mol. The van der Waals surface area contributed by atoms with Crippen molar-refractivity contribution >= 4 is 29.1 Å². The van der Waals surface area contributed by atoms with Crippen LogP contribution < -0.4 is 0 Å². The van der Waals surface area contributed by atoms with Crippen LogP contribution in [0.1, 0.15) is 24.5 Å². The summed E-state index contributed by atoms with van der Waals surface area (Å²) < 4.78 is 5.77. The van der Waals surface area contributed by atoms with Gasteiger partial charge in [0.25, 0.3) is 5.91 Å². The molecule has 1 aromatic rings. The van der Waals surface area contributed by atoms with Gasteiger partial charge in [-0.2, -0.15) is 5.10 Å². The maximum Gasteiger partial charge on any atom is 0.270 e. The highest BCUT2D eigenvalue weighted by Gasteiger charge is 2.30. The first-order chi connectivity index (χ1) is 11.0. The molecule has 0 saturated carbocycles. The Morgan fingerprint density at radius 1 is 1.30 bits per heavy atom.